The summed E-state index contributed by atoms with van der Waals surface area (Å²) in [4.78, 5) is 0. The molecule has 0 amide bonds. The smallest absolute Gasteiger partial charge is 0.0471 e. The van der Waals surface area contributed by atoms with Crippen LogP contribution < -0.4 is 5.32 Å². The van der Waals surface area contributed by atoms with Crippen LogP contribution in [-0.2, 0) is 4.74 Å². The highest BCUT2D eigenvalue weighted by atomic mass is 16.5. The van der Waals surface area contributed by atoms with Gasteiger partial charge >= 0.3 is 0 Å². The maximum absolute atomic E-state index is 5.68. The van der Waals surface area contributed by atoms with E-state index in [0.29, 0.717) is 5.41 Å². The quantitative estimate of drug-likeness (QED) is 0.591. The van der Waals surface area contributed by atoms with Crippen molar-refractivity contribution < 1.29 is 4.74 Å². The summed E-state index contributed by atoms with van der Waals surface area (Å²) in [5, 5.41) is 3.53. The second-order valence-corrected chi connectivity index (χ2v) is 6.73. The van der Waals surface area contributed by atoms with Crippen molar-refractivity contribution in [3.05, 3.63) is 0 Å². The molecule has 0 aliphatic carbocycles. The molecule has 0 atom stereocenters. The fourth-order valence-electron chi connectivity index (χ4n) is 1.56. The van der Waals surface area contributed by atoms with Gasteiger partial charge in [-0.2, -0.15) is 0 Å². The summed E-state index contributed by atoms with van der Waals surface area (Å²) < 4.78 is 5.68. The first-order valence-electron chi connectivity index (χ1n) is 7.12. The van der Waals surface area contributed by atoms with Crippen LogP contribution in [0.5, 0.6) is 0 Å². The molecule has 1 N–H and O–H groups in total. The largest absolute Gasteiger partial charge is 0.381 e. The predicted octanol–water partition coefficient (Wildman–Crippen LogP) is 3.71. The highest BCUT2D eigenvalue weighted by Gasteiger charge is 2.17. The summed E-state index contributed by atoms with van der Waals surface area (Å²) in [5.74, 6) is 1.48. The van der Waals surface area contributed by atoms with E-state index in [9.17, 15) is 0 Å². The zero-order valence-corrected chi connectivity index (χ0v) is 12.8. The molecule has 0 aromatic carbocycles. The molecule has 0 saturated heterocycles. The topological polar surface area (TPSA) is 21.3 Å². The third-order valence-corrected chi connectivity index (χ3v) is 2.92. The van der Waals surface area contributed by atoms with E-state index in [1.165, 1.54) is 6.42 Å². The van der Waals surface area contributed by atoms with Gasteiger partial charge < -0.3 is 10.1 Å². The van der Waals surface area contributed by atoms with Crippen LogP contribution in [0.25, 0.3) is 0 Å². The van der Waals surface area contributed by atoms with Crippen LogP contribution in [0.4, 0.5) is 0 Å². The Balaban J connectivity index is 3.50. The SMILES string of the molecule is CC(C)CCOCCC(C)(C)CNCC(C)C. The second-order valence-electron chi connectivity index (χ2n) is 6.73. The highest BCUT2D eigenvalue weighted by molar-refractivity contribution is 4.71. The fraction of sp³-hybridized carbons (Fsp3) is 1.00. The fourth-order valence-corrected chi connectivity index (χ4v) is 1.56. The van der Waals surface area contributed by atoms with Crippen molar-refractivity contribution in [2.24, 2.45) is 17.3 Å². The Morgan fingerprint density at radius 3 is 2.18 bits per heavy atom. The molecule has 0 saturated carbocycles. The lowest BCUT2D eigenvalue weighted by molar-refractivity contribution is 0.0953. The summed E-state index contributed by atoms with van der Waals surface area (Å²) in [6, 6.07) is 0. The van der Waals surface area contributed by atoms with Gasteiger partial charge in [0.15, 0.2) is 0 Å². The third-order valence-electron chi connectivity index (χ3n) is 2.92. The van der Waals surface area contributed by atoms with Crippen molar-refractivity contribution in [1.29, 1.82) is 0 Å². The average Bonchev–Trinajstić information content (AvgIpc) is 2.15. The van der Waals surface area contributed by atoms with Gasteiger partial charge in [0.05, 0.1) is 0 Å². The summed E-state index contributed by atoms with van der Waals surface area (Å²) in [6.07, 6.45) is 2.31. The van der Waals surface area contributed by atoms with E-state index in [4.69, 9.17) is 4.74 Å². The van der Waals surface area contributed by atoms with E-state index >= 15 is 0 Å². The standard InChI is InChI=1S/C15H33NO/c1-13(2)7-9-17-10-8-15(5,6)12-16-11-14(3)4/h13-14,16H,7-12H2,1-6H3. The maximum Gasteiger partial charge on any atom is 0.0471 e. The summed E-state index contributed by atoms with van der Waals surface area (Å²) >= 11 is 0. The molecule has 0 fully saturated rings. The molecule has 0 aromatic heterocycles. The monoisotopic (exact) mass is 243 g/mol. The number of nitrogens with one attached hydrogen (secondary N) is 1. The van der Waals surface area contributed by atoms with Gasteiger partial charge in [0.1, 0.15) is 0 Å². The van der Waals surface area contributed by atoms with Crippen LogP contribution >= 0.6 is 0 Å². The first-order chi connectivity index (χ1) is 7.83. The van der Waals surface area contributed by atoms with E-state index in [1.807, 2.05) is 0 Å². The zero-order chi connectivity index (χ0) is 13.3. The first-order valence-corrected chi connectivity index (χ1v) is 7.12. The molecule has 0 bridgehead atoms. The summed E-state index contributed by atoms with van der Waals surface area (Å²) in [5.41, 5.74) is 0.340. The van der Waals surface area contributed by atoms with Crippen molar-refractivity contribution in [3.63, 3.8) is 0 Å². The van der Waals surface area contributed by atoms with Gasteiger partial charge in [-0.3, -0.25) is 0 Å². The highest BCUT2D eigenvalue weighted by Crippen LogP contribution is 2.19. The normalized spacial score (nSPS) is 12.7. The Labute approximate surface area is 109 Å². The van der Waals surface area contributed by atoms with Gasteiger partial charge in [0.25, 0.3) is 0 Å². The summed E-state index contributed by atoms with van der Waals surface area (Å²) in [7, 11) is 0. The van der Waals surface area contributed by atoms with Crippen LogP contribution in [0, 0.1) is 17.3 Å². The Morgan fingerprint density at radius 2 is 1.65 bits per heavy atom. The molecule has 0 spiro atoms. The molecule has 0 heterocycles. The number of hydrogen-bond donors (Lipinski definition) is 1. The van der Waals surface area contributed by atoms with E-state index in [0.717, 1.165) is 44.6 Å². The number of rotatable bonds is 10. The minimum absolute atomic E-state index is 0.340. The lowest BCUT2D eigenvalue weighted by atomic mass is 9.89. The van der Waals surface area contributed by atoms with Crippen LogP contribution in [0.2, 0.25) is 0 Å². The van der Waals surface area contributed by atoms with Gasteiger partial charge in [-0.25, -0.2) is 0 Å². The lowest BCUT2D eigenvalue weighted by Gasteiger charge is -2.25. The van der Waals surface area contributed by atoms with Crippen molar-refractivity contribution in [3.8, 4) is 0 Å². The molecule has 0 rings (SSSR count). The first kappa shape index (κ1) is 16.9. The van der Waals surface area contributed by atoms with Gasteiger partial charge in [0.2, 0.25) is 0 Å². The maximum atomic E-state index is 5.68. The Hall–Kier alpha value is -0.0800. The zero-order valence-electron chi connectivity index (χ0n) is 12.8. The Kier molecular flexibility index (Phi) is 8.89. The molecule has 0 aromatic rings. The van der Waals surface area contributed by atoms with Crippen molar-refractivity contribution in [2.75, 3.05) is 26.3 Å². The van der Waals surface area contributed by atoms with Gasteiger partial charge in [-0.05, 0) is 36.6 Å². The average molecular weight is 243 g/mol. The molecule has 0 aliphatic heterocycles. The van der Waals surface area contributed by atoms with Crippen molar-refractivity contribution >= 4 is 0 Å². The van der Waals surface area contributed by atoms with Gasteiger partial charge in [-0.1, -0.05) is 41.5 Å². The van der Waals surface area contributed by atoms with Crippen molar-refractivity contribution in [1.82, 2.24) is 5.32 Å². The molecule has 0 aliphatic rings. The van der Waals surface area contributed by atoms with E-state index in [2.05, 4.69) is 46.9 Å². The van der Waals surface area contributed by atoms with Gasteiger partial charge in [0, 0.05) is 19.8 Å². The molecule has 0 radical (unpaired) electrons. The summed E-state index contributed by atoms with van der Waals surface area (Å²) in [6.45, 7) is 17.6. The van der Waals surface area contributed by atoms with E-state index in [-0.39, 0.29) is 0 Å². The molecule has 104 valence electrons. The van der Waals surface area contributed by atoms with Crippen LogP contribution in [0.15, 0.2) is 0 Å². The minimum Gasteiger partial charge on any atom is -0.381 e. The molecular formula is C15H33NO. The van der Waals surface area contributed by atoms with E-state index < -0.39 is 0 Å². The lowest BCUT2D eigenvalue weighted by Crippen LogP contribution is -2.32. The molecule has 0 unspecified atom stereocenters. The Morgan fingerprint density at radius 1 is 1.00 bits per heavy atom. The van der Waals surface area contributed by atoms with Crippen molar-refractivity contribution in [2.45, 2.75) is 54.4 Å². The van der Waals surface area contributed by atoms with Crippen LogP contribution in [-0.4, -0.2) is 26.3 Å². The van der Waals surface area contributed by atoms with Crippen LogP contribution in [0.1, 0.15) is 54.4 Å². The molecular weight excluding hydrogens is 210 g/mol. The number of ether oxygens (including phenoxy) is 1. The Bertz CT molecular complexity index is 176. The molecule has 2 nitrogen and oxygen atoms in total. The number of hydrogen-bond acceptors (Lipinski definition) is 2. The molecule has 17 heavy (non-hydrogen) atoms. The third kappa shape index (κ3) is 12.2. The second kappa shape index (κ2) is 8.93. The minimum atomic E-state index is 0.340. The van der Waals surface area contributed by atoms with Crippen LogP contribution in [0.3, 0.4) is 0 Å². The molecule has 2 heteroatoms. The van der Waals surface area contributed by atoms with E-state index in [1.54, 1.807) is 0 Å². The van der Waals surface area contributed by atoms with Gasteiger partial charge in [-0.15, -0.1) is 0 Å². The predicted molar refractivity (Wildman–Crippen MR) is 76.4 cm³/mol.